The predicted octanol–water partition coefficient (Wildman–Crippen LogP) is 4.46. The smallest absolute Gasteiger partial charge is 0.223 e. The summed E-state index contributed by atoms with van der Waals surface area (Å²) in [5.74, 6) is 0.681. The van der Waals surface area contributed by atoms with E-state index < -0.39 is 0 Å². The molecule has 0 saturated carbocycles. The molecule has 3 rings (SSSR count). The highest BCUT2D eigenvalue weighted by Gasteiger charge is 2.41. The van der Waals surface area contributed by atoms with Crippen molar-refractivity contribution >= 4 is 17.5 Å². The maximum Gasteiger partial charge on any atom is 0.223 e. The van der Waals surface area contributed by atoms with Crippen LogP contribution in [0.2, 0.25) is 5.02 Å². The van der Waals surface area contributed by atoms with Gasteiger partial charge in [-0.1, -0.05) is 61.0 Å². The number of nitrogens with zero attached hydrogens (tertiary/aromatic N) is 1. The molecule has 0 unspecified atom stereocenters. The summed E-state index contributed by atoms with van der Waals surface area (Å²) in [6, 6.07) is 18.5. The SMILES string of the molecule is C[C@H](c1cccc(Cl)c1)[C@H]1[C@@H](c2ccccc2)CC(=O)N1C. The van der Waals surface area contributed by atoms with Gasteiger partial charge in [0.25, 0.3) is 0 Å². The van der Waals surface area contributed by atoms with Gasteiger partial charge in [-0.2, -0.15) is 0 Å². The fourth-order valence-corrected chi connectivity index (χ4v) is 3.77. The van der Waals surface area contributed by atoms with Crippen LogP contribution in [0.25, 0.3) is 0 Å². The lowest BCUT2D eigenvalue weighted by Gasteiger charge is -2.31. The molecule has 2 aromatic carbocycles. The third kappa shape index (κ3) is 2.76. The van der Waals surface area contributed by atoms with Crippen molar-refractivity contribution in [3.05, 3.63) is 70.7 Å². The number of rotatable bonds is 3. The van der Waals surface area contributed by atoms with Gasteiger partial charge < -0.3 is 4.90 Å². The Balaban J connectivity index is 1.96. The summed E-state index contributed by atoms with van der Waals surface area (Å²) < 4.78 is 0. The van der Waals surface area contributed by atoms with E-state index in [1.165, 1.54) is 11.1 Å². The normalized spacial score (nSPS) is 22.9. The summed E-state index contributed by atoms with van der Waals surface area (Å²) in [4.78, 5) is 14.2. The van der Waals surface area contributed by atoms with Gasteiger partial charge in [-0.05, 0) is 23.3 Å². The van der Waals surface area contributed by atoms with Crippen LogP contribution in [0.5, 0.6) is 0 Å². The van der Waals surface area contributed by atoms with Crippen LogP contribution >= 0.6 is 11.6 Å². The Morgan fingerprint density at radius 3 is 2.55 bits per heavy atom. The monoisotopic (exact) mass is 313 g/mol. The summed E-state index contributed by atoms with van der Waals surface area (Å²) in [6.07, 6.45) is 0.579. The Hall–Kier alpha value is -1.80. The number of carbonyl (C=O) groups is 1. The first kappa shape index (κ1) is 15.1. The van der Waals surface area contributed by atoms with Crippen molar-refractivity contribution in [2.75, 3.05) is 7.05 Å². The van der Waals surface area contributed by atoms with E-state index in [1.54, 1.807) is 0 Å². The summed E-state index contributed by atoms with van der Waals surface area (Å²) in [5.41, 5.74) is 2.42. The van der Waals surface area contributed by atoms with Crippen molar-refractivity contribution in [1.82, 2.24) is 4.90 Å². The molecule has 1 fully saturated rings. The van der Waals surface area contributed by atoms with Crippen LogP contribution in [0, 0.1) is 0 Å². The highest BCUT2D eigenvalue weighted by atomic mass is 35.5. The van der Waals surface area contributed by atoms with Gasteiger partial charge >= 0.3 is 0 Å². The fourth-order valence-electron chi connectivity index (χ4n) is 3.58. The van der Waals surface area contributed by atoms with Crippen LogP contribution in [0.1, 0.15) is 36.3 Å². The van der Waals surface area contributed by atoms with Crippen LogP contribution in [-0.4, -0.2) is 23.9 Å². The number of likely N-dealkylation sites (N-methyl/N-ethyl adjacent to an activating group) is 1. The first-order chi connectivity index (χ1) is 10.6. The number of halogens is 1. The third-order valence-electron chi connectivity index (χ3n) is 4.76. The molecule has 2 nitrogen and oxygen atoms in total. The molecule has 1 aliphatic rings. The van der Waals surface area contributed by atoms with Gasteiger partial charge in [0, 0.05) is 36.4 Å². The molecule has 3 heteroatoms. The first-order valence-electron chi connectivity index (χ1n) is 7.64. The molecule has 1 saturated heterocycles. The molecule has 0 spiro atoms. The largest absolute Gasteiger partial charge is 0.342 e. The van der Waals surface area contributed by atoms with Crippen molar-refractivity contribution in [1.29, 1.82) is 0 Å². The highest BCUT2D eigenvalue weighted by molar-refractivity contribution is 6.30. The van der Waals surface area contributed by atoms with Gasteiger partial charge in [0.2, 0.25) is 5.91 Å². The minimum atomic E-state index is 0.161. The van der Waals surface area contributed by atoms with Crippen molar-refractivity contribution in [2.24, 2.45) is 0 Å². The first-order valence-corrected chi connectivity index (χ1v) is 8.02. The molecular formula is C19H20ClNO. The average molecular weight is 314 g/mol. The van der Waals surface area contributed by atoms with E-state index in [0.29, 0.717) is 6.42 Å². The van der Waals surface area contributed by atoms with Gasteiger partial charge in [0.05, 0.1) is 0 Å². The maximum absolute atomic E-state index is 12.3. The molecule has 22 heavy (non-hydrogen) atoms. The highest BCUT2D eigenvalue weighted by Crippen LogP contribution is 2.41. The molecule has 0 aliphatic carbocycles. The van der Waals surface area contributed by atoms with E-state index in [0.717, 1.165) is 5.02 Å². The van der Waals surface area contributed by atoms with Gasteiger partial charge in [-0.3, -0.25) is 4.79 Å². The quantitative estimate of drug-likeness (QED) is 0.819. The molecule has 0 radical (unpaired) electrons. The second kappa shape index (κ2) is 6.13. The summed E-state index contributed by atoms with van der Waals surface area (Å²) in [5, 5.41) is 0.743. The molecule has 0 aromatic heterocycles. The second-order valence-electron chi connectivity index (χ2n) is 6.06. The topological polar surface area (TPSA) is 20.3 Å². The van der Waals surface area contributed by atoms with E-state index in [1.807, 2.05) is 48.3 Å². The molecule has 0 bridgehead atoms. The number of hydrogen-bond donors (Lipinski definition) is 0. The molecule has 114 valence electrons. The van der Waals surface area contributed by atoms with Crippen LogP contribution in [-0.2, 0) is 4.79 Å². The van der Waals surface area contributed by atoms with E-state index in [4.69, 9.17) is 11.6 Å². The Morgan fingerprint density at radius 2 is 1.86 bits per heavy atom. The van der Waals surface area contributed by atoms with E-state index >= 15 is 0 Å². The number of carbonyl (C=O) groups excluding carboxylic acids is 1. The van der Waals surface area contributed by atoms with Crippen molar-refractivity contribution in [3.63, 3.8) is 0 Å². The van der Waals surface area contributed by atoms with Crippen molar-refractivity contribution < 1.29 is 4.79 Å². The van der Waals surface area contributed by atoms with Gasteiger partial charge in [0.1, 0.15) is 0 Å². The van der Waals surface area contributed by atoms with E-state index in [9.17, 15) is 4.79 Å². The summed E-state index contributed by atoms with van der Waals surface area (Å²) >= 11 is 6.13. The number of likely N-dealkylation sites (tertiary alicyclic amines) is 1. The second-order valence-corrected chi connectivity index (χ2v) is 6.50. The lowest BCUT2D eigenvalue weighted by Crippen LogP contribution is -2.35. The zero-order chi connectivity index (χ0) is 15.7. The maximum atomic E-state index is 12.3. The average Bonchev–Trinajstić information content (AvgIpc) is 2.83. The standard InChI is InChI=1S/C19H20ClNO/c1-13(15-9-6-10-16(20)11-15)19-17(12-18(22)21(19)2)14-7-4-3-5-8-14/h3-11,13,17,19H,12H2,1-2H3/t13-,17-,19+/m1/s1. The van der Waals surface area contributed by atoms with Crippen LogP contribution < -0.4 is 0 Å². The molecule has 1 amide bonds. The zero-order valence-corrected chi connectivity index (χ0v) is 13.6. The zero-order valence-electron chi connectivity index (χ0n) is 12.9. The number of benzene rings is 2. The molecule has 1 aliphatic heterocycles. The Labute approximate surface area is 136 Å². The molecule has 2 aromatic rings. The minimum absolute atomic E-state index is 0.161. The van der Waals surface area contributed by atoms with Crippen LogP contribution in [0.3, 0.4) is 0 Å². The Kier molecular flexibility index (Phi) is 4.21. The predicted molar refractivity (Wildman–Crippen MR) is 90.2 cm³/mol. The van der Waals surface area contributed by atoms with Crippen LogP contribution in [0.4, 0.5) is 0 Å². The number of hydrogen-bond acceptors (Lipinski definition) is 1. The molecule has 0 N–H and O–H groups in total. The van der Waals surface area contributed by atoms with Gasteiger partial charge in [-0.15, -0.1) is 0 Å². The lowest BCUT2D eigenvalue weighted by molar-refractivity contribution is -0.127. The van der Waals surface area contributed by atoms with E-state index in [-0.39, 0.29) is 23.8 Å². The lowest BCUT2D eigenvalue weighted by atomic mass is 9.82. The van der Waals surface area contributed by atoms with Crippen molar-refractivity contribution in [2.45, 2.75) is 31.2 Å². The van der Waals surface area contributed by atoms with Crippen molar-refractivity contribution in [3.8, 4) is 0 Å². The fraction of sp³-hybridized carbons (Fsp3) is 0.316. The molecule has 3 atom stereocenters. The molecular weight excluding hydrogens is 294 g/mol. The Bertz CT molecular complexity index is 670. The van der Waals surface area contributed by atoms with E-state index in [2.05, 4.69) is 25.1 Å². The van der Waals surface area contributed by atoms with Crippen LogP contribution in [0.15, 0.2) is 54.6 Å². The third-order valence-corrected chi connectivity index (χ3v) is 5.00. The summed E-state index contributed by atoms with van der Waals surface area (Å²) in [6.45, 7) is 2.18. The Morgan fingerprint density at radius 1 is 1.14 bits per heavy atom. The summed E-state index contributed by atoms with van der Waals surface area (Å²) in [7, 11) is 1.91. The van der Waals surface area contributed by atoms with Gasteiger partial charge in [0.15, 0.2) is 0 Å². The van der Waals surface area contributed by atoms with Gasteiger partial charge in [-0.25, -0.2) is 0 Å². The number of amides is 1. The minimum Gasteiger partial charge on any atom is -0.342 e. The molecule has 1 heterocycles.